The number of carbonyl (C=O) groups is 1. The molecule has 0 saturated heterocycles. The number of nitrogens with one attached hydrogen (secondary N) is 1. The maximum atomic E-state index is 13.0. The van der Waals surface area contributed by atoms with Crippen LogP contribution < -0.4 is 5.32 Å². The van der Waals surface area contributed by atoms with Crippen molar-refractivity contribution in [1.29, 1.82) is 0 Å². The number of pyridine rings is 1. The Kier molecular flexibility index (Phi) is 6.89. The van der Waals surface area contributed by atoms with E-state index in [2.05, 4.69) is 36.2 Å². The molecule has 6 nitrogen and oxygen atoms in total. The van der Waals surface area contributed by atoms with Crippen LogP contribution in [0.15, 0.2) is 41.5 Å². The van der Waals surface area contributed by atoms with Crippen molar-refractivity contribution in [2.75, 3.05) is 0 Å². The first kappa shape index (κ1) is 19.3. The zero-order valence-corrected chi connectivity index (χ0v) is 16.3. The van der Waals surface area contributed by atoms with Crippen LogP contribution in [0, 0.1) is 0 Å². The number of rotatable bonds is 4. The molecule has 1 N–H and O–H groups in total. The lowest BCUT2D eigenvalue weighted by molar-refractivity contribution is 0.0941. The van der Waals surface area contributed by atoms with Gasteiger partial charge in [0, 0.05) is 18.6 Å². The molecule has 0 bridgehead atoms. The topological polar surface area (TPSA) is 72.7 Å². The van der Waals surface area contributed by atoms with Crippen LogP contribution in [-0.2, 0) is 0 Å². The molecule has 1 unspecified atom stereocenters. The molecule has 9 heteroatoms. The second kappa shape index (κ2) is 8.91. The molecule has 0 spiro atoms. The predicted octanol–water partition coefficient (Wildman–Crippen LogP) is 4.49. The van der Waals surface area contributed by atoms with Gasteiger partial charge >= 0.3 is 0 Å². The molecule has 132 valence electrons. The van der Waals surface area contributed by atoms with E-state index >= 15 is 0 Å². The SMILES string of the molecule is CC.CC(NC(=O)c1cn(SF)c2ncc(Br)nc12)c1cccnc1. The second-order valence-electron chi connectivity index (χ2n) is 4.78. The fraction of sp³-hybridized carbons (Fsp3) is 0.250. The Balaban J connectivity index is 0.00000109. The van der Waals surface area contributed by atoms with Crippen LogP contribution in [0.3, 0.4) is 0 Å². The lowest BCUT2D eigenvalue weighted by atomic mass is 10.1. The van der Waals surface area contributed by atoms with Crippen molar-refractivity contribution in [2.24, 2.45) is 0 Å². The van der Waals surface area contributed by atoms with E-state index in [9.17, 15) is 8.68 Å². The van der Waals surface area contributed by atoms with Crippen molar-refractivity contribution in [1.82, 2.24) is 24.2 Å². The smallest absolute Gasteiger partial charge is 0.255 e. The van der Waals surface area contributed by atoms with Gasteiger partial charge in [0.2, 0.25) is 0 Å². The zero-order chi connectivity index (χ0) is 18.4. The van der Waals surface area contributed by atoms with Gasteiger partial charge in [0.1, 0.15) is 10.1 Å². The summed E-state index contributed by atoms with van der Waals surface area (Å²) in [6, 6.07) is 3.43. The molecule has 1 atom stereocenters. The summed E-state index contributed by atoms with van der Waals surface area (Å²) in [7, 11) is 0. The molecule has 0 fully saturated rings. The van der Waals surface area contributed by atoms with Gasteiger partial charge in [-0.2, -0.15) is 0 Å². The molecule has 0 aromatic carbocycles. The van der Waals surface area contributed by atoms with Crippen molar-refractivity contribution in [3.63, 3.8) is 0 Å². The predicted molar refractivity (Wildman–Crippen MR) is 101 cm³/mol. The number of nitrogens with zero attached hydrogens (tertiary/aromatic N) is 4. The Hall–Kier alpha value is -2.00. The highest BCUT2D eigenvalue weighted by Gasteiger charge is 2.20. The van der Waals surface area contributed by atoms with Crippen molar-refractivity contribution in [3.05, 3.63) is 52.7 Å². The standard InChI is InChI=1S/C14H11BrFN5OS.C2H6/c1-8(9-3-2-4-17-5-9)19-14(22)10-7-21(23-16)13-12(10)20-11(15)6-18-13;1-2/h2-8H,1H3,(H,19,22);1-2H3. The molecule has 1 amide bonds. The summed E-state index contributed by atoms with van der Waals surface area (Å²) in [5.74, 6) is -0.355. The van der Waals surface area contributed by atoms with E-state index in [1.807, 2.05) is 26.8 Å². The van der Waals surface area contributed by atoms with E-state index in [0.717, 1.165) is 5.56 Å². The van der Waals surface area contributed by atoms with Crippen LogP contribution in [0.25, 0.3) is 11.2 Å². The first-order valence-electron chi connectivity index (χ1n) is 7.63. The molecule has 3 heterocycles. The Morgan fingerprint density at radius 2 is 2.16 bits per heavy atom. The molecule has 3 rings (SSSR count). The van der Waals surface area contributed by atoms with Crippen molar-refractivity contribution in [2.45, 2.75) is 26.8 Å². The molecule has 0 aliphatic heterocycles. The number of hydrogen-bond donors (Lipinski definition) is 1. The monoisotopic (exact) mass is 425 g/mol. The third-order valence-corrected chi connectivity index (χ3v) is 4.09. The summed E-state index contributed by atoms with van der Waals surface area (Å²) < 4.78 is 14.7. The van der Waals surface area contributed by atoms with Gasteiger partial charge in [-0.15, -0.1) is 3.89 Å². The number of aromatic nitrogens is 4. The summed E-state index contributed by atoms with van der Waals surface area (Å²) in [5.41, 5.74) is 1.76. The van der Waals surface area contributed by atoms with Gasteiger partial charge in [-0.25, -0.2) is 13.9 Å². The molecule has 0 radical (unpaired) electrons. The Bertz CT molecular complexity index is 858. The summed E-state index contributed by atoms with van der Waals surface area (Å²) in [6.45, 7) is 5.85. The first-order valence-corrected chi connectivity index (χ1v) is 9.10. The fourth-order valence-electron chi connectivity index (χ4n) is 2.15. The van der Waals surface area contributed by atoms with Crippen LogP contribution in [0.1, 0.15) is 42.7 Å². The highest BCUT2D eigenvalue weighted by molar-refractivity contribution is 9.10. The van der Waals surface area contributed by atoms with Gasteiger partial charge in [0.25, 0.3) is 5.91 Å². The molecule has 0 aliphatic rings. The van der Waals surface area contributed by atoms with E-state index in [4.69, 9.17) is 0 Å². The lowest BCUT2D eigenvalue weighted by Gasteiger charge is -2.13. The second-order valence-corrected chi connectivity index (χ2v) is 6.13. The van der Waals surface area contributed by atoms with Crippen molar-refractivity contribution < 1.29 is 8.68 Å². The van der Waals surface area contributed by atoms with Crippen LogP contribution in [0.4, 0.5) is 3.89 Å². The van der Waals surface area contributed by atoms with Crippen LogP contribution >= 0.6 is 28.3 Å². The highest BCUT2D eigenvalue weighted by atomic mass is 79.9. The zero-order valence-electron chi connectivity index (χ0n) is 13.9. The van der Waals surface area contributed by atoms with Gasteiger partial charge in [0.15, 0.2) is 18.0 Å². The maximum Gasteiger partial charge on any atom is 0.255 e. The summed E-state index contributed by atoms with van der Waals surface area (Å²) in [6.07, 6.45) is 6.18. The minimum absolute atomic E-state index is 0.0335. The minimum Gasteiger partial charge on any atom is -0.345 e. The minimum atomic E-state index is -0.355. The lowest BCUT2D eigenvalue weighted by Crippen LogP contribution is -2.26. The highest BCUT2D eigenvalue weighted by Crippen LogP contribution is 2.25. The van der Waals surface area contributed by atoms with Crippen LogP contribution in [0.2, 0.25) is 0 Å². The molecular weight excluding hydrogens is 409 g/mol. The largest absolute Gasteiger partial charge is 0.345 e. The summed E-state index contributed by atoms with van der Waals surface area (Å²) in [5, 5.41) is 2.85. The van der Waals surface area contributed by atoms with E-state index in [1.54, 1.807) is 18.5 Å². The van der Waals surface area contributed by atoms with E-state index in [-0.39, 0.29) is 29.8 Å². The van der Waals surface area contributed by atoms with E-state index in [0.29, 0.717) is 15.8 Å². The maximum absolute atomic E-state index is 13.0. The molecule has 3 aromatic rings. The summed E-state index contributed by atoms with van der Waals surface area (Å²) >= 11 is 3.18. The molecule has 0 saturated carbocycles. The van der Waals surface area contributed by atoms with Crippen molar-refractivity contribution >= 4 is 45.3 Å². The average molecular weight is 426 g/mol. The van der Waals surface area contributed by atoms with E-state index < -0.39 is 0 Å². The Labute approximate surface area is 157 Å². The Morgan fingerprint density at radius 1 is 1.40 bits per heavy atom. The molecule has 25 heavy (non-hydrogen) atoms. The number of amides is 1. The van der Waals surface area contributed by atoms with Crippen LogP contribution in [0.5, 0.6) is 0 Å². The van der Waals surface area contributed by atoms with Gasteiger partial charge in [-0.05, 0) is 34.5 Å². The van der Waals surface area contributed by atoms with Gasteiger partial charge in [-0.1, -0.05) is 19.9 Å². The number of hydrogen-bond acceptors (Lipinski definition) is 5. The number of halogens is 2. The van der Waals surface area contributed by atoms with E-state index in [1.165, 1.54) is 16.4 Å². The molecule has 3 aromatic heterocycles. The third kappa shape index (κ3) is 4.35. The molecular formula is C16H17BrFN5OS. The summed E-state index contributed by atoms with van der Waals surface area (Å²) in [4.78, 5) is 24.9. The van der Waals surface area contributed by atoms with Crippen molar-refractivity contribution in [3.8, 4) is 0 Å². The van der Waals surface area contributed by atoms with Gasteiger partial charge in [0.05, 0.1) is 17.8 Å². The normalized spacial score (nSPS) is 11.6. The fourth-order valence-corrected chi connectivity index (χ4v) is 2.78. The Morgan fingerprint density at radius 3 is 2.80 bits per heavy atom. The van der Waals surface area contributed by atoms with Gasteiger partial charge in [-0.3, -0.25) is 9.78 Å². The van der Waals surface area contributed by atoms with Gasteiger partial charge < -0.3 is 5.32 Å². The third-order valence-electron chi connectivity index (χ3n) is 3.28. The first-order chi connectivity index (χ1) is 12.1. The van der Waals surface area contributed by atoms with Crippen LogP contribution in [-0.4, -0.2) is 24.8 Å². The number of carbonyl (C=O) groups excluding carboxylic acids is 1. The average Bonchev–Trinajstić information content (AvgIpc) is 3.02. The number of fused-ring (bicyclic) bond motifs is 1. The quantitative estimate of drug-likeness (QED) is 0.666. The molecule has 0 aliphatic carbocycles.